The minimum atomic E-state index is 0.289. The first kappa shape index (κ1) is 20.2. The van der Waals surface area contributed by atoms with Crippen LogP contribution in [0.15, 0.2) is 71.2 Å². The van der Waals surface area contributed by atoms with Gasteiger partial charge in [-0.3, -0.25) is 0 Å². The van der Waals surface area contributed by atoms with E-state index >= 15 is 0 Å². The Balaban J connectivity index is 1.31. The normalized spacial score (nSPS) is 15.9. The second-order valence-corrected chi connectivity index (χ2v) is 9.53. The molecule has 31 heavy (non-hydrogen) atoms. The van der Waals surface area contributed by atoms with E-state index in [1.807, 2.05) is 41.1 Å². The molecule has 1 aliphatic rings. The first-order chi connectivity index (χ1) is 15.3. The fraction of sp³-hybridized carbons (Fsp3) is 0.261. The maximum Gasteiger partial charge on any atom is 0.206 e. The Morgan fingerprint density at radius 3 is 2.65 bits per heavy atom. The zero-order valence-corrected chi connectivity index (χ0v) is 18.6. The molecule has 1 N–H and O–H groups in total. The molecule has 1 unspecified atom stereocenters. The maximum atomic E-state index is 5.66. The molecule has 0 radical (unpaired) electrons. The molecule has 6 nitrogen and oxygen atoms in total. The van der Waals surface area contributed by atoms with Gasteiger partial charge in [0.25, 0.3) is 0 Å². The third kappa shape index (κ3) is 4.98. The van der Waals surface area contributed by atoms with Crippen LogP contribution in [-0.2, 0) is 10.5 Å². The van der Waals surface area contributed by atoms with E-state index in [0.29, 0.717) is 0 Å². The van der Waals surface area contributed by atoms with Gasteiger partial charge >= 0.3 is 0 Å². The number of aromatic nitrogens is 4. The fourth-order valence-corrected chi connectivity index (χ4v) is 5.28. The van der Waals surface area contributed by atoms with Gasteiger partial charge in [-0.2, -0.15) is 5.10 Å². The Hall–Kier alpha value is -2.68. The first-order valence-electron chi connectivity index (χ1n) is 10.4. The largest absolute Gasteiger partial charge is 0.376 e. The van der Waals surface area contributed by atoms with Gasteiger partial charge in [0.1, 0.15) is 0 Å². The third-order valence-electron chi connectivity index (χ3n) is 5.12. The molecule has 0 bridgehead atoms. The maximum absolute atomic E-state index is 5.66. The van der Waals surface area contributed by atoms with Crippen LogP contribution in [0.4, 0.5) is 5.13 Å². The zero-order chi connectivity index (χ0) is 20.9. The van der Waals surface area contributed by atoms with Gasteiger partial charge in [0, 0.05) is 36.2 Å². The lowest BCUT2D eigenvalue weighted by Gasteiger charge is -2.08. The zero-order valence-electron chi connectivity index (χ0n) is 17.0. The molecule has 3 heterocycles. The lowest BCUT2D eigenvalue weighted by Crippen LogP contribution is -2.18. The van der Waals surface area contributed by atoms with Gasteiger partial charge in [-0.15, -0.1) is 10.2 Å². The van der Waals surface area contributed by atoms with E-state index in [-0.39, 0.29) is 6.10 Å². The summed E-state index contributed by atoms with van der Waals surface area (Å²) in [5.74, 6) is 0.775. The highest BCUT2D eigenvalue weighted by Crippen LogP contribution is 2.32. The summed E-state index contributed by atoms with van der Waals surface area (Å²) >= 11 is 3.28. The number of ether oxygens (including phenoxy) is 1. The molecule has 1 saturated heterocycles. The molecule has 1 fully saturated rings. The highest BCUT2D eigenvalue weighted by molar-refractivity contribution is 8.00. The van der Waals surface area contributed by atoms with E-state index < -0.39 is 0 Å². The molecule has 1 aliphatic heterocycles. The topological polar surface area (TPSA) is 64.9 Å². The molecule has 1 atom stereocenters. The SMILES string of the molecule is c1ccc(-c2nn(-c3ccccc3)cc2CSc2nnc(NCC3CCCO3)s2)cc1. The number of anilines is 1. The van der Waals surface area contributed by atoms with Crippen molar-refractivity contribution in [2.24, 2.45) is 0 Å². The van der Waals surface area contributed by atoms with E-state index in [1.54, 1.807) is 23.1 Å². The summed E-state index contributed by atoms with van der Waals surface area (Å²) in [6.45, 7) is 1.66. The quantitative estimate of drug-likeness (QED) is 0.370. The summed E-state index contributed by atoms with van der Waals surface area (Å²) in [6.07, 6.45) is 4.66. The minimum absolute atomic E-state index is 0.289. The van der Waals surface area contributed by atoms with Gasteiger partial charge in [-0.05, 0) is 25.0 Å². The minimum Gasteiger partial charge on any atom is -0.376 e. The molecular weight excluding hydrogens is 426 g/mol. The van der Waals surface area contributed by atoms with Gasteiger partial charge in [0.05, 0.1) is 17.5 Å². The van der Waals surface area contributed by atoms with Gasteiger partial charge in [0.2, 0.25) is 5.13 Å². The van der Waals surface area contributed by atoms with Crippen LogP contribution in [0.1, 0.15) is 18.4 Å². The number of hydrogen-bond acceptors (Lipinski definition) is 7. The first-order valence-corrected chi connectivity index (χ1v) is 12.2. The highest BCUT2D eigenvalue weighted by atomic mass is 32.2. The average molecular weight is 450 g/mol. The van der Waals surface area contributed by atoms with Crippen molar-refractivity contribution >= 4 is 28.2 Å². The van der Waals surface area contributed by atoms with Crippen molar-refractivity contribution in [3.05, 3.63) is 72.4 Å². The van der Waals surface area contributed by atoms with Crippen molar-refractivity contribution in [2.75, 3.05) is 18.5 Å². The summed E-state index contributed by atoms with van der Waals surface area (Å²) in [6, 6.07) is 20.5. The second kappa shape index (κ2) is 9.64. The Kier molecular flexibility index (Phi) is 6.29. The fourth-order valence-electron chi connectivity index (χ4n) is 3.55. The summed E-state index contributed by atoms with van der Waals surface area (Å²) < 4.78 is 8.56. The van der Waals surface area contributed by atoms with Crippen molar-refractivity contribution in [3.8, 4) is 16.9 Å². The van der Waals surface area contributed by atoms with Crippen LogP contribution in [-0.4, -0.2) is 39.2 Å². The number of hydrogen-bond donors (Lipinski definition) is 1. The number of thioether (sulfide) groups is 1. The van der Waals surface area contributed by atoms with Crippen molar-refractivity contribution in [3.63, 3.8) is 0 Å². The standard InChI is InChI=1S/C23H23N5OS2/c1-3-8-17(9-4-1)21-18(15-28(27-21)19-10-5-2-6-11-19)16-30-23-26-25-22(31-23)24-14-20-12-7-13-29-20/h1-6,8-11,15,20H,7,12-14,16H2,(H,24,25). The Labute approximate surface area is 189 Å². The number of nitrogens with one attached hydrogen (secondary N) is 1. The van der Waals surface area contributed by atoms with Crippen molar-refractivity contribution in [1.29, 1.82) is 0 Å². The van der Waals surface area contributed by atoms with Crippen LogP contribution in [0.3, 0.4) is 0 Å². The predicted octanol–water partition coefficient (Wildman–Crippen LogP) is 5.27. The molecule has 0 spiro atoms. The van der Waals surface area contributed by atoms with E-state index in [9.17, 15) is 0 Å². The van der Waals surface area contributed by atoms with Crippen LogP contribution in [0, 0.1) is 0 Å². The van der Waals surface area contributed by atoms with Crippen molar-refractivity contribution in [1.82, 2.24) is 20.0 Å². The number of para-hydroxylation sites is 1. The molecule has 158 valence electrons. The van der Waals surface area contributed by atoms with Crippen LogP contribution in [0.25, 0.3) is 16.9 Å². The second-order valence-electron chi connectivity index (χ2n) is 7.33. The predicted molar refractivity (Wildman–Crippen MR) is 126 cm³/mol. The third-order valence-corrected chi connectivity index (χ3v) is 7.18. The lowest BCUT2D eigenvalue weighted by molar-refractivity contribution is 0.120. The molecule has 8 heteroatoms. The Morgan fingerprint density at radius 2 is 1.87 bits per heavy atom. The van der Waals surface area contributed by atoms with Gasteiger partial charge in [-0.25, -0.2) is 4.68 Å². The lowest BCUT2D eigenvalue weighted by atomic mass is 10.1. The van der Waals surface area contributed by atoms with Gasteiger partial charge in [0.15, 0.2) is 4.34 Å². The highest BCUT2D eigenvalue weighted by Gasteiger charge is 2.17. The summed E-state index contributed by atoms with van der Waals surface area (Å²) in [4.78, 5) is 0. The molecule has 5 rings (SSSR count). The monoisotopic (exact) mass is 449 g/mol. The average Bonchev–Trinajstić information content (AvgIpc) is 3.58. The van der Waals surface area contributed by atoms with E-state index in [4.69, 9.17) is 9.84 Å². The molecule has 0 aliphatic carbocycles. The Bertz CT molecular complexity index is 1110. The molecule has 2 aromatic carbocycles. The van der Waals surface area contributed by atoms with E-state index in [2.05, 4.69) is 46.0 Å². The number of nitrogens with zero attached hydrogens (tertiary/aromatic N) is 4. The van der Waals surface area contributed by atoms with Crippen LogP contribution >= 0.6 is 23.1 Å². The number of rotatable bonds is 8. The van der Waals surface area contributed by atoms with Crippen LogP contribution in [0.5, 0.6) is 0 Å². The summed E-state index contributed by atoms with van der Waals surface area (Å²) in [5, 5.41) is 17.7. The molecule has 0 saturated carbocycles. The molecule has 0 amide bonds. The smallest absolute Gasteiger partial charge is 0.206 e. The van der Waals surface area contributed by atoms with Crippen LogP contribution < -0.4 is 5.32 Å². The van der Waals surface area contributed by atoms with Crippen molar-refractivity contribution in [2.45, 2.75) is 29.0 Å². The van der Waals surface area contributed by atoms with Gasteiger partial charge in [-0.1, -0.05) is 71.6 Å². The molecule has 4 aromatic rings. The van der Waals surface area contributed by atoms with Crippen LogP contribution in [0.2, 0.25) is 0 Å². The number of benzene rings is 2. The van der Waals surface area contributed by atoms with Crippen molar-refractivity contribution < 1.29 is 4.74 Å². The summed E-state index contributed by atoms with van der Waals surface area (Å²) in [7, 11) is 0. The molecule has 2 aromatic heterocycles. The Morgan fingerprint density at radius 1 is 1.06 bits per heavy atom. The van der Waals surface area contributed by atoms with Gasteiger partial charge < -0.3 is 10.1 Å². The molecular formula is C23H23N5OS2. The van der Waals surface area contributed by atoms with E-state index in [1.165, 1.54) is 5.56 Å². The van der Waals surface area contributed by atoms with E-state index in [0.717, 1.165) is 58.2 Å². The summed E-state index contributed by atoms with van der Waals surface area (Å²) in [5.41, 5.74) is 4.33.